The number of nitrogens with zero attached hydrogens (tertiary/aromatic N) is 4. The van der Waals surface area contributed by atoms with Gasteiger partial charge in [0.05, 0.1) is 11.4 Å². The molecule has 4 aromatic carbocycles. The van der Waals surface area contributed by atoms with E-state index in [1.165, 1.54) is 27.9 Å². The van der Waals surface area contributed by atoms with Gasteiger partial charge in [0.15, 0.2) is 0 Å². The monoisotopic (exact) mass is 708 g/mol. The van der Waals surface area contributed by atoms with Crippen LogP contribution >= 0.6 is 0 Å². The predicted molar refractivity (Wildman–Crippen MR) is 188 cm³/mol. The molecule has 238 valence electrons. The van der Waals surface area contributed by atoms with Crippen LogP contribution in [0.4, 0.5) is 0 Å². The van der Waals surface area contributed by atoms with E-state index in [0.29, 0.717) is 11.5 Å². The van der Waals surface area contributed by atoms with Crippen LogP contribution in [0.3, 0.4) is 0 Å². The Balaban J connectivity index is 0.00000386. The molecule has 3 heterocycles. The Morgan fingerprint density at radius 3 is 2.15 bits per heavy atom. The average Bonchev–Trinajstić information content (AvgIpc) is 3.58. The van der Waals surface area contributed by atoms with Crippen molar-refractivity contribution in [1.29, 1.82) is 0 Å². The Kier molecular flexibility index (Phi) is 8.94. The van der Waals surface area contributed by atoms with Crippen LogP contribution in [0, 0.1) is 32.9 Å². The topological polar surface area (TPSA) is 44.9 Å². The number of para-hydroxylation sites is 1. The van der Waals surface area contributed by atoms with Gasteiger partial charge < -0.3 is 9.30 Å². The van der Waals surface area contributed by atoms with Gasteiger partial charge in [0.25, 0.3) is 0 Å². The van der Waals surface area contributed by atoms with Crippen molar-refractivity contribution in [3.8, 4) is 34.1 Å². The maximum absolute atomic E-state index is 6.48. The van der Waals surface area contributed by atoms with Gasteiger partial charge in [0.2, 0.25) is 0 Å². The molecule has 7 rings (SSSR count). The third-order valence-corrected chi connectivity index (χ3v) is 8.66. The zero-order valence-corrected chi connectivity index (χ0v) is 29.4. The molecule has 0 aliphatic carbocycles. The summed E-state index contributed by atoms with van der Waals surface area (Å²) in [4.78, 5) is 4.70. The second kappa shape index (κ2) is 13.0. The number of benzene rings is 4. The smallest absolute Gasteiger partial charge is 0.509 e. The van der Waals surface area contributed by atoms with E-state index in [2.05, 4.69) is 131 Å². The molecule has 0 amide bonds. The normalized spacial score (nSPS) is 11.5. The van der Waals surface area contributed by atoms with Gasteiger partial charge in [-0.05, 0) is 84.1 Å². The van der Waals surface area contributed by atoms with E-state index in [1.807, 2.05) is 30.5 Å². The third kappa shape index (κ3) is 5.82. The zero-order valence-electron chi connectivity index (χ0n) is 27.8. The minimum Gasteiger partial charge on any atom is -0.509 e. The van der Waals surface area contributed by atoms with Crippen LogP contribution in [-0.2, 0) is 20.4 Å². The number of aromatic nitrogens is 4. The Morgan fingerprint density at radius 2 is 1.43 bits per heavy atom. The quantitative estimate of drug-likeness (QED) is 0.122. The summed E-state index contributed by atoms with van der Waals surface area (Å²) in [6.45, 7) is 15.4. The van der Waals surface area contributed by atoms with Gasteiger partial charge in [-0.25, -0.2) is 4.98 Å². The number of hydrogen-bond acceptors (Lipinski definition) is 3. The first-order valence-corrected chi connectivity index (χ1v) is 16.0. The molecule has 0 aliphatic heterocycles. The largest absolute Gasteiger partial charge is 2.00 e. The molecule has 0 atom stereocenters. The van der Waals surface area contributed by atoms with Crippen molar-refractivity contribution in [3.63, 3.8) is 0 Å². The fourth-order valence-electron chi connectivity index (χ4n) is 6.59. The van der Waals surface area contributed by atoms with Gasteiger partial charge in [-0.2, -0.15) is 17.2 Å². The first kappa shape index (κ1) is 32.4. The van der Waals surface area contributed by atoms with Crippen LogP contribution < -0.4 is 4.74 Å². The maximum atomic E-state index is 6.48. The number of pyridine rings is 1. The fraction of sp³-hybridized carbons (Fsp3) is 0.220. The van der Waals surface area contributed by atoms with Crippen LogP contribution in [-0.4, -0.2) is 19.3 Å². The third-order valence-electron chi connectivity index (χ3n) is 8.66. The molecule has 47 heavy (non-hydrogen) atoms. The van der Waals surface area contributed by atoms with Crippen molar-refractivity contribution < 1.29 is 25.2 Å². The van der Waals surface area contributed by atoms with E-state index in [1.54, 1.807) is 0 Å². The first-order valence-electron chi connectivity index (χ1n) is 16.0. The summed E-state index contributed by atoms with van der Waals surface area (Å²) in [6, 6.07) is 36.2. The second-order valence-electron chi connectivity index (χ2n) is 12.8. The van der Waals surface area contributed by atoms with Gasteiger partial charge in [-0.15, -0.1) is 35.7 Å². The molecule has 6 heteroatoms. The minimum absolute atomic E-state index is 0. The van der Waals surface area contributed by atoms with E-state index in [4.69, 9.17) is 14.8 Å². The van der Waals surface area contributed by atoms with Gasteiger partial charge in [0, 0.05) is 28.8 Å². The molecule has 7 aromatic rings. The van der Waals surface area contributed by atoms with Gasteiger partial charge in [0.1, 0.15) is 5.82 Å². The summed E-state index contributed by atoms with van der Waals surface area (Å²) in [7, 11) is 0. The minimum atomic E-state index is 0. The molecular formula is C41H38N4OPd. The summed E-state index contributed by atoms with van der Waals surface area (Å²) in [6.07, 6.45) is 1.85. The van der Waals surface area contributed by atoms with Crippen LogP contribution in [0.25, 0.3) is 44.4 Å². The van der Waals surface area contributed by atoms with Crippen LogP contribution in [0.2, 0.25) is 0 Å². The van der Waals surface area contributed by atoms with E-state index in [0.717, 1.165) is 44.6 Å². The Hall–Kier alpha value is -4.50. The zero-order chi connectivity index (χ0) is 32.1. The van der Waals surface area contributed by atoms with E-state index in [-0.39, 0.29) is 32.3 Å². The summed E-state index contributed by atoms with van der Waals surface area (Å²) in [5.74, 6) is 2.56. The Labute approximate surface area is 290 Å². The molecule has 0 N–H and O–H groups in total. The van der Waals surface area contributed by atoms with Crippen LogP contribution in [0.15, 0.2) is 91.1 Å². The molecular weight excluding hydrogens is 671 g/mol. The molecule has 0 radical (unpaired) electrons. The predicted octanol–water partition coefficient (Wildman–Crippen LogP) is 10.6. The number of rotatable bonds is 7. The van der Waals surface area contributed by atoms with E-state index >= 15 is 0 Å². The van der Waals surface area contributed by atoms with Crippen molar-refractivity contribution in [2.24, 2.45) is 0 Å². The summed E-state index contributed by atoms with van der Waals surface area (Å²) in [5.41, 5.74) is 11.3. The number of hydrogen-bond donors (Lipinski definition) is 0. The van der Waals surface area contributed by atoms with Crippen LogP contribution in [0.1, 0.15) is 67.6 Å². The number of fused-ring (bicyclic) bond motifs is 3. The van der Waals surface area contributed by atoms with Crippen molar-refractivity contribution >= 4 is 21.8 Å². The maximum Gasteiger partial charge on any atom is 2.00 e. The van der Waals surface area contributed by atoms with E-state index in [9.17, 15) is 0 Å². The van der Waals surface area contributed by atoms with Crippen molar-refractivity contribution in [2.45, 2.75) is 60.3 Å². The van der Waals surface area contributed by atoms with Crippen molar-refractivity contribution in [3.05, 3.63) is 131 Å². The fourth-order valence-corrected chi connectivity index (χ4v) is 6.59. The summed E-state index contributed by atoms with van der Waals surface area (Å²) >= 11 is 0. The van der Waals surface area contributed by atoms with E-state index < -0.39 is 0 Å². The molecule has 5 nitrogen and oxygen atoms in total. The van der Waals surface area contributed by atoms with Crippen LogP contribution in [0.5, 0.6) is 11.5 Å². The number of aryl methyl sites for hydroxylation is 3. The van der Waals surface area contributed by atoms with Crippen molar-refractivity contribution in [1.82, 2.24) is 19.3 Å². The molecule has 0 fully saturated rings. The summed E-state index contributed by atoms with van der Waals surface area (Å²) in [5, 5.41) is 7.49. The molecule has 0 saturated heterocycles. The molecule has 0 spiro atoms. The molecule has 3 aromatic heterocycles. The molecule has 0 aliphatic rings. The van der Waals surface area contributed by atoms with Gasteiger partial charge in [-0.1, -0.05) is 69.6 Å². The molecule has 0 unspecified atom stereocenters. The van der Waals surface area contributed by atoms with Gasteiger partial charge >= 0.3 is 20.4 Å². The van der Waals surface area contributed by atoms with Crippen molar-refractivity contribution in [2.75, 3.05) is 0 Å². The van der Waals surface area contributed by atoms with Gasteiger partial charge in [-0.3, -0.25) is 4.68 Å². The Morgan fingerprint density at radius 1 is 0.702 bits per heavy atom. The molecule has 0 bridgehead atoms. The second-order valence-corrected chi connectivity index (χ2v) is 12.8. The SMILES string of the molecule is Cc1ccnc(-n2c3[c-]c(Oc4[c-]c(-n5nc(C(C)C)c(-c6c(C)cccc6C)c5C(C)C)ccc4)ccc3c3ccccc32)c1.[Pd+2]. The Bertz CT molecular complexity index is 2220. The number of ether oxygens (including phenoxy) is 1. The summed E-state index contributed by atoms with van der Waals surface area (Å²) < 4.78 is 10.7. The molecule has 0 saturated carbocycles. The average molecular weight is 709 g/mol. The first-order chi connectivity index (χ1) is 22.2. The standard InChI is InChI=1S/C41H38N4O.Pd/c1-25(2)40-39(38-28(6)12-10-13-29(38)7)41(26(3)4)45(43-40)30-14-11-15-31(23-30)46-32-18-19-34-33-16-8-9-17-35(33)44(36(34)24-32)37-22-27(5)20-21-42-37;/h8-22,25-26H,1-7H3;/q-2;+2.